The maximum atomic E-state index is 8.55. The van der Waals surface area contributed by atoms with Gasteiger partial charge in [-0.25, -0.2) is 0 Å². The summed E-state index contributed by atoms with van der Waals surface area (Å²) >= 11 is 0. The Morgan fingerprint density at radius 1 is 1.13 bits per heavy atom. The molecular formula is C12H9NO2. The molecule has 0 aliphatic rings. The first-order chi connectivity index (χ1) is 7.28. The average Bonchev–Trinajstić information content (AvgIpc) is 2.69. The monoisotopic (exact) mass is 199 g/mol. The van der Waals surface area contributed by atoms with Gasteiger partial charge in [-0.1, -0.05) is 17.7 Å². The third-order valence-electron chi connectivity index (χ3n) is 1.93. The van der Waals surface area contributed by atoms with E-state index in [4.69, 9.17) is 14.4 Å². The van der Waals surface area contributed by atoms with Crippen LogP contribution in [0.3, 0.4) is 0 Å². The molecule has 0 unspecified atom stereocenters. The minimum absolute atomic E-state index is 0.247. The van der Waals surface area contributed by atoms with Crippen molar-refractivity contribution in [1.29, 1.82) is 5.26 Å². The van der Waals surface area contributed by atoms with E-state index in [0.29, 0.717) is 11.7 Å². The first-order valence-electron chi connectivity index (χ1n) is 4.52. The maximum absolute atomic E-state index is 8.55. The number of furan rings is 1. The Balaban J connectivity index is 2.15. The zero-order chi connectivity index (χ0) is 10.7. The van der Waals surface area contributed by atoms with Crippen molar-refractivity contribution < 1.29 is 9.15 Å². The van der Waals surface area contributed by atoms with E-state index in [1.54, 1.807) is 12.1 Å². The molecule has 0 radical (unpaired) electrons. The molecule has 0 amide bonds. The molecule has 0 aliphatic carbocycles. The number of rotatable bonds is 2. The highest BCUT2D eigenvalue weighted by Gasteiger charge is 2.02. The molecular weight excluding hydrogens is 190 g/mol. The van der Waals surface area contributed by atoms with Crippen molar-refractivity contribution in [1.82, 2.24) is 0 Å². The van der Waals surface area contributed by atoms with E-state index in [0.717, 1.165) is 0 Å². The van der Waals surface area contributed by atoms with Gasteiger partial charge in [0.2, 0.25) is 5.76 Å². The van der Waals surface area contributed by atoms with Crippen LogP contribution in [0.2, 0.25) is 0 Å². The van der Waals surface area contributed by atoms with Crippen LogP contribution in [0.15, 0.2) is 40.8 Å². The molecule has 0 saturated carbocycles. The third-order valence-corrected chi connectivity index (χ3v) is 1.93. The van der Waals surface area contributed by atoms with Crippen molar-refractivity contribution in [2.45, 2.75) is 6.92 Å². The molecule has 0 N–H and O–H groups in total. The van der Waals surface area contributed by atoms with Crippen LogP contribution in [-0.4, -0.2) is 0 Å². The van der Waals surface area contributed by atoms with Gasteiger partial charge in [-0.3, -0.25) is 0 Å². The summed E-state index contributed by atoms with van der Waals surface area (Å²) in [5.41, 5.74) is 1.17. The highest BCUT2D eigenvalue weighted by Crippen LogP contribution is 2.23. The summed E-state index contributed by atoms with van der Waals surface area (Å²) in [6.45, 7) is 2.00. The summed E-state index contributed by atoms with van der Waals surface area (Å²) in [6.07, 6.45) is 0. The molecule has 2 rings (SSSR count). The molecule has 74 valence electrons. The molecule has 0 aliphatic heterocycles. The summed E-state index contributed by atoms with van der Waals surface area (Å²) in [6, 6.07) is 12.7. The number of benzene rings is 1. The molecule has 0 bridgehead atoms. The fourth-order valence-electron chi connectivity index (χ4n) is 1.16. The maximum Gasteiger partial charge on any atom is 0.291 e. The second-order valence-corrected chi connectivity index (χ2v) is 3.15. The largest absolute Gasteiger partial charge is 0.426 e. The SMILES string of the molecule is Cc1ccc(Oc2ccc(C#N)o2)cc1. The van der Waals surface area contributed by atoms with E-state index < -0.39 is 0 Å². The molecule has 3 nitrogen and oxygen atoms in total. The second kappa shape index (κ2) is 3.89. The lowest BCUT2D eigenvalue weighted by molar-refractivity contribution is 0.343. The molecule has 1 heterocycles. The summed E-state index contributed by atoms with van der Waals surface area (Å²) in [5.74, 6) is 1.27. The number of hydrogen-bond donors (Lipinski definition) is 0. The van der Waals surface area contributed by atoms with Crippen LogP contribution in [0, 0.1) is 18.3 Å². The minimum atomic E-state index is 0.247. The summed E-state index contributed by atoms with van der Waals surface area (Å²) in [4.78, 5) is 0. The van der Waals surface area contributed by atoms with Gasteiger partial charge >= 0.3 is 0 Å². The lowest BCUT2D eigenvalue weighted by Gasteiger charge is -2.01. The molecule has 0 atom stereocenters. The predicted octanol–water partition coefficient (Wildman–Crippen LogP) is 3.25. The smallest absolute Gasteiger partial charge is 0.291 e. The fraction of sp³-hybridized carbons (Fsp3) is 0.0833. The quantitative estimate of drug-likeness (QED) is 0.745. The number of hydrogen-bond acceptors (Lipinski definition) is 3. The predicted molar refractivity (Wildman–Crippen MR) is 54.7 cm³/mol. The van der Waals surface area contributed by atoms with Gasteiger partial charge in [0, 0.05) is 6.07 Å². The summed E-state index contributed by atoms with van der Waals surface area (Å²) in [7, 11) is 0. The molecule has 0 spiro atoms. The Morgan fingerprint density at radius 3 is 2.47 bits per heavy atom. The van der Waals surface area contributed by atoms with E-state index in [-0.39, 0.29) is 5.76 Å². The fourth-order valence-corrected chi connectivity index (χ4v) is 1.16. The zero-order valence-electron chi connectivity index (χ0n) is 8.23. The second-order valence-electron chi connectivity index (χ2n) is 3.15. The van der Waals surface area contributed by atoms with Gasteiger partial charge in [-0.2, -0.15) is 5.26 Å². The first kappa shape index (κ1) is 9.35. The standard InChI is InChI=1S/C12H9NO2/c1-9-2-4-10(5-3-9)14-12-7-6-11(8-13)15-12/h2-7H,1H3. The van der Waals surface area contributed by atoms with E-state index in [1.807, 2.05) is 37.3 Å². The molecule has 3 heteroatoms. The number of aryl methyl sites for hydroxylation is 1. The average molecular weight is 199 g/mol. The van der Waals surface area contributed by atoms with Crippen molar-refractivity contribution in [3.8, 4) is 17.8 Å². The van der Waals surface area contributed by atoms with Crippen molar-refractivity contribution in [2.75, 3.05) is 0 Å². The topological polar surface area (TPSA) is 46.2 Å². The number of ether oxygens (including phenoxy) is 1. The molecule has 1 aromatic heterocycles. The lowest BCUT2D eigenvalue weighted by atomic mass is 10.2. The van der Waals surface area contributed by atoms with Gasteiger partial charge in [0.1, 0.15) is 11.8 Å². The Morgan fingerprint density at radius 2 is 1.87 bits per heavy atom. The number of nitrogens with zero attached hydrogens (tertiary/aromatic N) is 1. The summed E-state index contributed by atoms with van der Waals surface area (Å²) in [5, 5.41) is 8.55. The highest BCUT2D eigenvalue weighted by atomic mass is 16.6. The summed E-state index contributed by atoms with van der Waals surface area (Å²) < 4.78 is 10.5. The Hall–Kier alpha value is -2.21. The Labute approximate surface area is 87.5 Å². The van der Waals surface area contributed by atoms with Crippen molar-refractivity contribution in [3.05, 3.63) is 47.7 Å². The van der Waals surface area contributed by atoms with Gasteiger partial charge in [0.15, 0.2) is 0 Å². The van der Waals surface area contributed by atoms with Crippen LogP contribution in [0.1, 0.15) is 11.3 Å². The van der Waals surface area contributed by atoms with Gasteiger partial charge < -0.3 is 9.15 Å². The normalized spacial score (nSPS) is 9.60. The molecule has 2 aromatic rings. The Kier molecular flexibility index (Phi) is 2.42. The first-order valence-corrected chi connectivity index (χ1v) is 4.52. The number of nitriles is 1. The van der Waals surface area contributed by atoms with E-state index in [1.165, 1.54) is 5.56 Å². The van der Waals surface area contributed by atoms with E-state index in [2.05, 4.69) is 0 Å². The Bertz CT molecular complexity index is 491. The van der Waals surface area contributed by atoms with Crippen LogP contribution in [0.25, 0.3) is 0 Å². The van der Waals surface area contributed by atoms with Crippen LogP contribution in [-0.2, 0) is 0 Å². The lowest BCUT2D eigenvalue weighted by Crippen LogP contribution is -1.81. The van der Waals surface area contributed by atoms with Crippen LogP contribution in [0.4, 0.5) is 0 Å². The molecule has 15 heavy (non-hydrogen) atoms. The molecule has 1 aromatic carbocycles. The van der Waals surface area contributed by atoms with Gasteiger partial charge in [-0.05, 0) is 25.1 Å². The molecule has 0 fully saturated rings. The van der Waals surface area contributed by atoms with Gasteiger partial charge in [-0.15, -0.1) is 0 Å². The molecule has 0 saturated heterocycles. The van der Waals surface area contributed by atoms with Crippen molar-refractivity contribution >= 4 is 0 Å². The van der Waals surface area contributed by atoms with Crippen LogP contribution < -0.4 is 4.74 Å². The van der Waals surface area contributed by atoms with Gasteiger partial charge in [0.05, 0.1) is 0 Å². The van der Waals surface area contributed by atoms with E-state index in [9.17, 15) is 0 Å². The zero-order valence-corrected chi connectivity index (χ0v) is 8.23. The minimum Gasteiger partial charge on any atom is -0.426 e. The van der Waals surface area contributed by atoms with E-state index >= 15 is 0 Å². The van der Waals surface area contributed by atoms with Gasteiger partial charge in [0.25, 0.3) is 5.95 Å². The van der Waals surface area contributed by atoms with Crippen molar-refractivity contribution in [3.63, 3.8) is 0 Å². The highest BCUT2D eigenvalue weighted by molar-refractivity contribution is 5.30. The van der Waals surface area contributed by atoms with Crippen molar-refractivity contribution in [2.24, 2.45) is 0 Å². The third kappa shape index (κ3) is 2.18. The van der Waals surface area contributed by atoms with Crippen LogP contribution in [0.5, 0.6) is 11.7 Å². The van der Waals surface area contributed by atoms with Crippen LogP contribution >= 0.6 is 0 Å².